The molecule has 0 aliphatic carbocycles. The SMILES string of the molecule is Cc1cc(C)cc([S@](=O)c2cccc(N)c2C#N)c1. The van der Waals surface area contributed by atoms with Crippen molar-refractivity contribution in [3.8, 4) is 6.07 Å². The van der Waals surface area contributed by atoms with E-state index in [-0.39, 0.29) is 0 Å². The monoisotopic (exact) mass is 270 g/mol. The second-order valence-corrected chi connectivity index (χ2v) is 5.87. The van der Waals surface area contributed by atoms with Crippen LogP contribution in [0.1, 0.15) is 16.7 Å². The minimum Gasteiger partial charge on any atom is -0.398 e. The molecule has 0 heterocycles. The van der Waals surface area contributed by atoms with Crippen LogP contribution in [0.4, 0.5) is 5.69 Å². The smallest absolute Gasteiger partial charge is 0.103 e. The number of rotatable bonds is 2. The third kappa shape index (κ3) is 2.67. The van der Waals surface area contributed by atoms with Crippen LogP contribution in [0.2, 0.25) is 0 Å². The largest absolute Gasteiger partial charge is 0.398 e. The highest BCUT2D eigenvalue weighted by molar-refractivity contribution is 7.85. The van der Waals surface area contributed by atoms with Gasteiger partial charge in [0.1, 0.15) is 6.07 Å². The fourth-order valence-corrected chi connectivity index (χ4v) is 3.38. The van der Waals surface area contributed by atoms with Gasteiger partial charge < -0.3 is 5.73 Å². The molecule has 0 saturated heterocycles. The van der Waals surface area contributed by atoms with E-state index >= 15 is 0 Å². The summed E-state index contributed by atoms with van der Waals surface area (Å²) in [7, 11) is -1.39. The summed E-state index contributed by atoms with van der Waals surface area (Å²) >= 11 is 0. The fraction of sp³-hybridized carbons (Fsp3) is 0.133. The van der Waals surface area contributed by atoms with Crippen molar-refractivity contribution in [2.45, 2.75) is 23.6 Å². The molecule has 2 N–H and O–H groups in total. The van der Waals surface area contributed by atoms with E-state index in [9.17, 15) is 4.21 Å². The molecule has 1 atom stereocenters. The van der Waals surface area contributed by atoms with Crippen LogP contribution in [0.3, 0.4) is 0 Å². The topological polar surface area (TPSA) is 66.9 Å². The highest BCUT2D eigenvalue weighted by atomic mass is 32.2. The van der Waals surface area contributed by atoms with E-state index in [0.29, 0.717) is 21.0 Å². The number of hydrogen-bond donors (Lipinski definition) is 1. The molecule has 2 aromatic rings. The van der Waals surface area contributed by atoms with Crippen molar-refractivity contribution in [1.29, 1.82) is 5.26 Å². The minimum absolute atomic E-state index is 0.292. The molecule has 0 spiro atoms. The summed E-state index contributed by atoms with van der Waals surface area (Å²) in [6.07, 6.45) is 0. The van der Waals surface area contributed by atoms with Gasteiger partial charge in [0.05, 0.1) is 26.9 Å². The van der Waals surface area contributed by atoms with E-state index in [4.69, 9.17) is 11.0 Å². The molecule has 19 heavy (non-hydrogen) atoms. The Morgan fingerprint density at radius 3 is 2.37 bits per heavy atom. The van der Waals surface area contributed by atoms with Crippen LogP contribution in [-0.4, -0.2) is 4.21 Å². The number of nitriles is 1. The van der Waals surface area contributed by atoms with Crippen molar-refractivity contribution in [3.05, 3.63) is 53.1 Å². The number of nitrogen functional groups attached to an aromatic ring is 1. The summed E-state index contributed by atoms with van der Waals surface area (Å²) in [6, 6.07) is 12.8. The van der Waals surface area contributed by atoms with Crippen molar-refractivity contribution in [1.82, 2.24) is 0 Å². The molecule has 0 unspecified atom stereocenters. The van der Waals surface area contributed by atoms with Crippen LogP contribution in [0.25, 0.3) is 0 Å². The molecular formula is C15H14N2OS. The van der Waals surface area contributed by atoms with Crippen molar-refractivity contribution in [2.24, 2.45) is 0 Å². The maximum absolute atomic E-state index is 12.6. The zero-order chi connectivity index (χ0) is 14.0. The molecule has 0 saturated carbocycles. The van der Waals surface area contributed by atoms with Gasteiger partial charge in [0.2, 0.25) is 0 Å². The number of aryl methyl sites for hydroxylation is 2. The molecule has 4 heteroatoms. The van der Waals surface area contributed by atoms with Gasteiger partial charge in [-0.2, -0.15) is 5.26 Å². The molecular weight excluding hydrogens is 256 g/mol. The second-order valence-electron chi connectivity index (χ2n) is 4.42. The van der Waals surface area contributed by atoms with Gasteiger partial charge in [-0.1, -0.05) is 12.1 Å². The molecule has 0 bridgehead atoms. The van der Waals surface area contributed by atoms with Crippen molar-refractivity contribution in [3.63, 3.8) is 0 Å². The van der Waals surface area contributed by atoms with Crippen LogP contribution in [0, 0.1) is 25.2 Å². The lowest BCUT2D eigenvalue weighted by atomic mass is 10.2. The molecule has 96 valence electrons. The van der Waals surface area contributed by atoms with Gasteiger partial charge in [0.15, 0.2) is 0 Å². The Hall–Kier alpha value is -2.12. The maximum atomic E-state index is 12.6. The predicted molar refractivity (Wildman–Crippen MR) is 76.2 cm³/mol. The number of nitrogens with two attached hydrogens (primary N) is 1. The minimum atomic E-state index is -1.39. The van der Waals surface area contributed by atoms with Gasteiger partial charge in [-0.3, -0.25) is 0 Å². The highest BCUT2D eigenvalue weighted by Gasteiger charge is 2.14. The Kier molecular flexibility index (Phi) is 3.68. The molecule has 0 aromatic heterocycles. The lowest BCUT2D eigenvalue weighted by Gasteiger charge is -2.08. The number of benzene rings is 2. The molecule has 0 aliphatic heterocycles. The van der Waals surface area contributed by atoms with Crippen LogP contribution < -0.4 is 5.73 Å². The molecule has 3 nitrogen and oxygen atoms in total. The van der Waals surface area contributed by atoms with Gasteiger partial charge >= 0.3 is 0 Å². The fourth-order valence-electron chi connectivity index (χ4n) is 1.99. The lowest BCUT2D eigenvalue weighted by Crippen LogP contribution is -2.00. The van der Waals surface area contributed by atoms with Crippen molar-refractivity contribution >= 4 is 16.5 Å². The first-order chi connectivity index (χ1) is 9.02. The molecule has 0 amide bonds. The third-order valence-corrected chi connectivity index (χ3v) is 4.18. The zero-order valence-corrected chi connectivity index (χ0v) is 11.6. The average molecular weight is 270 g/mol. The summed E-state index contributed by atoms with van der Waals surface area (Å²) in [5, 5.41) is 9.14. The lowest BCUT2D eigenvalue weighted by molar-refractivity contribution is 0.683. The van der Waals surface area contributed by atoms with Gasteiger partial charge in [-0.25, -0.2) is 4.21 Å². The Morgan fingerprint density at radius 2 is 1.79 bits per heavy atom. The molecule has 0 radical (unpaired) electrons. The van der Waals surface area contributed by atoms with Crippen molar-refractivity contribution in [2.75, 3.05) is 5.73 Å². The van der Waals surface area contributed by atoms with Gasteiger partial charge in [-0.05, 0) is 49.2 Å². The van der Waals surface area contributed by atoms with Crippen molar-refractivity contribution < 1.29 is 4.21 Å². The molecule has 0 fully saturated rings. The Balaban J connectivity index is 2.57. The van der Waals surface area contributed by atoms with E-state index in [0.717, 1.165) is 11.1 Å². The summed E-state index contributed by atoms with van der Waals surface area (Å²) in [5.74, 6) is 0. The van der Waals surface area contributed by atoms with Gasteiger partial charge in [0.25, 0.3) is 0 Å². The highest BCUT2D eigenvalue weighted by Crippen LogP contribution is 2.25. The maximum Gasteiger partial charge on any atom is 0.103 e. The average Bonchev–Trinajstić information content (AvgIpc) is 2.36. The van der Waals surface area contributed by atoms with E-state index in [2.05, 4.69) is 0 Å². The van der Waals surface area contributed by atoms with Gasteiger partial charge in [-0.15, -0.1) is 0 Å². The van der Waals surface area contributed by atoms with E-state index in [1.54, 1.807) is 18.2 Å². The first kappa shape index (κ1) is 13.3. The number of anilines is 1. The van der Waals surface area contributed by atoms with E-state index < -0.39 is 10.8 Å². The summed E-state index contributed by atoms with van der Waals surface area (Å²) in [6.45, 7) is 3.91. The Bertz CT molecular complexity index is 682. The molecule has 2 aromatic carbocycles. The van der Waals surface area contributed by atoms with Crippen LogP contribution in [0.5, 0.6) is 0 Å². The third-order valence-electron chi connectivity index (χ3n) is 2.78. The Labute approximate surface area is 115 Å². The van der Waals surface area contributed by atoms with E-state index in [1.807, 2.05) is 38.1 Å². The molecule has 2 rings (SSSR count). The van der Waals surface area contributed by atoms with Gasteiger partial charge in [0, 0.05) is 4.90 Å². The van der Waals surface area contributed by atoms with E-state index in [1.165, 1.54) is 0 Å². The first-order valence-electron chi connectivity index (χ1n) is 5.81. The Morgan fingerprint density at radius 1 is 1.16 bits per heavy atom. The van der Waals surface area contributed by atoms with Crippen LogP contribution >= 0.6 is 0 Å². The number of nitrogens with zero attached hydrogens (tertiary/aromatic N) is 1. The summed E-state index contributed by atoms with van der Waals surface area (Å²) in [4.78, 5) is 1.16. The summed E-state index contributed by atoms with van der Waals surface area (Å²) in [5.41, 5.74) is 8.50. The van der Waals surface area contributed by atoms with Crippen LogP contribution in [-0.2, 0) is 10.8 Å². The molecule has 0 aliphatic rings. The first-order valence-corrected chi connectivity index (χ1v) is 6.96. The quantitative estimate of drug-likeness (QED) is 0.853. The predicted octanol–water partition coefficient (Wildman–Crippen LogP) is 2.92. The number of hydrogen-bond acceptors (Lipinski definition) is 3. The second kappa shape index (κ2) is 5.25. The van der Waals surface area contributed by atoms with Crippen LogP contribution in [0.15, 0.2) is 46.2 Å². The normalized spacial score (nSPS) is 11.8. The standard InChI is InChI=1S/C15H14N2OS/c1-10-6-11(2)8-12(7-10)19(18)15-5-3-4-14(17)13(15)9-16/h3-8H,17H2,1-2H3/t19-/m0/s1. The zero-order valence-electron chi connectivity index (χ0n) is 10.8. The summed E-state index contributed by atoms with van der Waals surface area (Å²) < 4.78 is 12.6.